The smallest absolute Gasteiger partial charge is 0.123 e. The fraction of sp³-hybridized carbons (Fsp3) is 0.357. The summed E-state index contributed by atoms with van der Waals surface area (Å²) in [7, 11) is 0. The van der Waals surface area contributed by atoms with E-state index in [-0.39, 0.29) is 11.9 Å². The monoisotopic (exact) mass is 264 g/mol. The first-order valence-corrected chi connectivity index (χ1v) is 6.86. The van der Waals surface area contributed by atoms with Crippen LogP contribution in [0.3, 0.4) is 0 Å². The van der Waals surface area contributed by atoms with Crippen molar-refractivity contribution in [2.75, 3.05) is 6.54 Å². The van der Waals surface area contributed by atoms with E-state index in [1.54, 1.807) is 23.5 Å². The summed E-state index contributed by atoms with van der Waals surface area (Å²) in [6.45, 7) is 6.88. The molecule has 96 valence electrons. The average Bonchev–Trinajstić information content (AvgIpc) is 2.65. The van der Waals surface area contributed by atoms with Gasteiger partial charge in [0.05, 0.1) is 16.7 Å². The lowest BCUT2D eigenvalue weighted by atomic mass is 10.0. The number of rotatable bonds is 4. The lowest BCUT2D eigenvalue weighted by Crippen LogP contribution is -2.21. The van der Waals surface area contributed by atoms with Gasteiger partial charge in [0.2, 0.25) is 0 Å². The summed E-state index contributed by atoms with van der Waals surface area (Å²) in [6, 6.07) is 6.78. The van der Waals surface area contributed by atoms with Crippen molar-refractivity contribution in [1.82, 2.24) is 10.3 Å². The molecule has 1 atom stereocenters. The maximum atomic E-state index is 13.3. The van der Waals surface area contributed by atoms with Gasteiger partial charge in [0.25, 0.3) is 0 Å². The van der Waals surface area contributed by atoms with Gasteiger partial charge in [-0.15, -0.1) is 11.3 Å². The number of thiazole rings is 1. The number of hydrogen-bond acceptors (Lipinski definition) is 3. The molecule has 1 aromatic heterocycles. The van der Waals surface area contributed by atoms with Crippen molar-refractivity contribution in [3.8, 4) is 0 Å². The van der Waals surface area contributed by atoms with Gasteiger partial charge in [0.15, 0.2) is 0 Å². The minimum Gasteiger partial charge on any atom is -0.306 e. The van der Waals surface area contributed by atoms with Crippen molar-refractivity contribution in [3.63, 3.8) is 0 Å². The van der Waals surface area contributed by atoms with Gasteiger partial charge in [-0.05, 0) is 38.1 Å². The Balaban J connectivity index is 2.42. The van der Waals surface area contributed by atoms with E-state index in [0.29, 0.717) is 0 Å². The molecule has 0 aliphatic heterocycles. The molecule has 0 aliphatic carbocycles. The zero-order valence-corrected chi connectivity index (χ0v) is 11.6. The van der Waals surface area contributed by atoms with Crippen LogP contribution in [0.5, 0.6) is 0 Å². The molecule has 2 nitrogen and oxygen atoms in total. The highest BCUT2D eigenvalue weighted by molar-refractivity contribution is 7.11. The molecule has 0 saturated carbocycles. The molecule has 0 radical (unpaired) electrons. The van der Waals surface area contributed by atoms with Crippen LogP contribution in [-0.4, -0.2) is 11.5 Å². The van der Waals surface area contributed by atoms with Crippen molar-refractivity contribution >= 4 is 11.3 Å². The van der Waals surface area contributed by atoms with Gasteiger partial charge in [-0.25, -0.2) is 9.37 Å². The zero-order chi connectivity index (χ0) is 13.1. The van der Waals surface area contributed by atoms with E-state index in [4.69, 9.17) is 0 Å². The molecule has 2 aromatic rings. The van der Waals surface area contributed by atoms with Gasteiger partial charge in [-0.3, -0.25) is 0 Å². The predicted octanol–water partition coefficient (Wildman–Crippen LogP) is 3.60. The molecule has 0 aliphatic rings. The fourth-order valence-electron chi connectivity index (χ4n) is 2.07. The van der Waals surface area contributed by atoms with E-state index >= 15 is 0 Å². The van der Waals surface area contributed by atoms with E-state index < -0.39 is 0 Å². The zero-order valence-electron chi connectivity index (χ0n) is 10.8. The second-order valence-corrected chi connectivity index (χ2v) is 5.46. The first kappa shape index (κ1) is 13.2. The Morgan fingerprint density at radius 2 is 2.17 bits per heavy atom. The number of aromatic nitrogens is 1. The van der Waals surface area contributed by atoms with Gasteiger partial charge in [0.1, 0.15) is 5.82 Å². The van der Waals surface area contributed by atoms with Crippen molar-refractivity contribution in [2.45, 2.75) is 26.8 Å². The highest BCUT2D eigenvalue weighted by Gasteiger charge is 2.18. The Kier molecular flexibility index (Phi) is 4.09. The predicted molar refractivity (Wildman–Crippen MR) is 73.5 cm³/mol. The summed E-state index contributed by atoms with van der Waals surface area (Å²) in [5, 5.41) is 4.44. The average molecular weight is 264 g/mol. The molecule has 1 heterocycles. The molecular formula is C14H17FN2S. The third-order valence-electron chi connectivity index (χ3n) is 2.79. The van der Waals surface area contributed by atoms with Gasteiger partial charge in [0, 0.05) is 4.88 Å². The quantitative estimate of drug-likeness (QED) is 0.912. The van der Waals surface area contributed by atoms with E-state index in [2.05, 4.69) is 17.2 Å². The summed E-state index contributed by atoms with van der Waals surface area (Å²) in [4.78, 5) is 5.61. The van der Waals surface area contributed by atoms with E-state index in [1.807, 2.05) is 19.9 Å². The van der Waals surface area contributed by atoms with Gasteiger partial charge in [-0.2, -0.15) is 0 Å². The Labute approximate surface area is 111 Å². The molecule has 0 amide bonds. The van der Waals surface area contributed by atoms with Crippen molar-refractivity contribution in [3.05, 3.63) is 51.2 Å². The van der Waals surface area contributed by atoms with Crippen LogP contribution in [-0.2, 0) is 0 Å². The van der Waals surface area contributed by atoms with Crippen LogP contribution in [0.4, 0.5) is 4.39 Å². The number of benzene rings is 1. The van der Waals surface area contributed by atoms with Crippen LogP contribution < -0.4 is 5.32 Å². The minimum absolute atomic E-state index is 0.0249. The number of nitrogens with one attached hydrogen (secondary N) is 1. The second kappa shape index (κ2) is 5.59. The molecule has 0 saturated heterocycles. The summed E-state index contributed by atoms with van der Waals surface area (Å²) in [5.41, 5.74) is 1.97. The third kappa shape index (κ3) is 2.76. The fourth-order valence-corrected chi connectivity index (χ4v) is 3.10. The number of nitrogens with zero attached hydrogens (tertiary/aromatic N) is 1. The second-order valence-electron chi connectivity index (χ2n) is 4.23. The van der Waals surface area contributed by atoms with Crippen LogP contribution >= 0.6 is 11.3 Å². The largest absolute Gasteiger partial charge is 0.306 e. The lowest BCUT2D eigenvalue weighted by molar-refractivity contribution is 0.605. The molecule has 0 bridgehead atoms. The van der Waals surface area contributed by atoms with Crippen LogP contribution in [0.25, 0.3) is 0 Å². The topological polar surface area (TPSA) is 24.9 Å². The Morgan fingerprint density at radius 3 is 2.72 bits per heavy atom. The first-order chi connectivity index (χ1) is 8.61. The number of halogens is 1. The van der Waals surface area contributed by atoms with Gasteiger partial charge < -0.3 is 5.32 Å². The first-order valence-electron chi connectivity index (χ1n) is 6.04. The molecule has 1 aromatic carbocycles. The van der Waals surface area contributed by atoms with Crippen LogP contribution in [0.2, 0.25) is 0 Å². The van der Waals surface area contributed by atoms with Crippen molar-refractivity contribution in [1.29, 1.82) is 0 Å². The van der Waals surface area contributed by atoms with Crippen LogP contribution in [0, 0.1) is 19.7 Å². The molecular weight excluding hydrogens is 247 g/mol. The number of aryl methyl sites for hydroxylation is 2. The standard InChI is InChI=1S/C14H17FN2S/c1-4-16-13(11-6-5-7-12(15)8-11)14-9(2)17-10(3)18-14/h5-8,13,16H,4H2,1-3H3. The molecule has 0 spiro atoms. The van der Waals surface area contributed by atoms with E-state index in [9.17, 15) is 4.39 Å². The van der Waals surface area contributed by atoms with Gasteiger partial charge in [-0.1, -0.05) is 19.1 Å². The van der Waals surface area contributed by atoms with Crippen molar-refractivity contribution < 1.29 is 4.39 Å². The molecule has 1 unspecified atom stereocenters. The van der Waals surface area contributed by atoms with Crippen LogP contribution in [0.15, 0.2) is 24.3 Å². The summed E-state index contributed by atoms with van der Waals surface area (Å²) >= 11 is 1.67. The highest BCUT2D eigenvalue weighted by Crippen LogP contribution is 2.30. The summed E-state index contributed by atoms with van der Waals surface area (Å²) in [5.74, 6) is -0.200. The lowest BCUT2D eigenvalue weighted by Gasteiger charge is -2.17. The van der Waals surface area contributed by atoms with Gasteiger partial charge >= 0.3 is 0 Å². The molecule has 0 fully saturated rings. The third-order valence-corrected chi connectivity index (χ3v) is 3.93. The molecule has 18 heavy (non-hydrogen) atoms. The minimum atomic E-state index is -0.200. The summed E-state index contributed by atoms with van der Waals surface area (Å²) < 4.78 is 13.3. The SMILES string of the molecule is CCNC(c1cccc(F)c1)c1sc(C)nc1C. The normalized spacial score (nSPS) is 12.7. The highest BCUT2D eigenvalue weighted by atomic mass is 32.1. The maximum absolute atomic E-state index is 13.3. The van der Waals surface area contributed by atoms with E-state index in [0.717, 1.165) is 22.8 Å². The summed E-state index contributed by atoms with van der Waals surface area (Å²) in [6.07, 6.45) is 0. The Bertz CT molecular complexity index is 536. The molecule has 4 heteroatoms. The molecule has 1 N–H and O–H groups in total. The van der Waals surface area contributed by atoms with E-state index in [1.165, 1.54) is 10.9 Å². The Hall–Kier alpha value is -1.26. The van der Waals surface area contributed by atoms with Crippen LogP contribution in [0.1, 0.15) is 34.1 Å². The number of hydrogen-bond donors (Lipinski definition) is 1. The van der Waals surface area contributed by atoms with Crippen molar-refractivity contribution in [2.24, 2.45) is 0 Å². The molecule has 2 rings (SSSR count). The Morgan fingerprint density at radius 1 is 1.39 bits per heavy atom. The maximum Gasteiger partial charge on any atom is 0.123 e.